The first-order chi connectivity index (χ1) is 8.17. The van der Waals surface area contributed by atoms with Gasteiger partial charge in [0.2, 0.25) is 0 Å². The summed E-state index contributed by atoms with van der Waals surface area (Å²) in [4.78, 5) is 2.16. The number of nitrogens with zero attached hydrogens (tertiary/aromatic N) is 2. The molecule has 0 spiro atoms. The largest absolute Gasteiger partial charge is 0.394 e. The smallest absolute Gasteiger partial charge is 0.101 e. The van der Waals surface area contributed by atoms with Gasteiger partial charge < -0.3 is 10.0 Å². The van der Waals surface area contributed by atoms with Crippen LogP contribution in [0.5, 0.6) is 0 Å². The van der Waals surface area contributed by atoms with Crippen LogP contribution in [0.4, 0.5) is 5.69 Å². The average molecular weight is 251 g/mol. The first-order valence-electron chi connectivity index (χ1n) is 5.74. The highest BCUT2D eigenvalue weighted by Crippen LogP contribution is 2.31. The van der Waals surface area contributed by atoms with Crippen LogP contribution in [0.25, 0.3) is 0 Å². The van der Waals surface area contributed by atoms with E-state index in [1.54, 1.807) is 12.1 Å². The van der Waals surface area contributed by atoms with Crippen LogP contribution in [0.2, 0.25) is 5.02 Å². The fraction of sp³-hybridized carbons (Fsp3) is 0.462. The van der Waals surface area contributed by atoms with Crippen molar-refractivity contribution in [3.8, 4) is 6.07 Å². The highest BCUT2D eigenvalue weighted by molar-refractivity contribution is 6.32. The lowest BCUT2D eigenvalue weighted by Crippen LogP contribution is -2.35. The predicted molar refractivity (Wildman–Crippen MR) is 68.2 cm³/mol. The summed E-state index contributed by atoms with van der Waals surface area (Å²) in [5, 5.41) is 18.7. The van der Waals surface area contributed by atoms with Gasteiger partial charge in [-0.3, -0.25) is 0 Å². The predicted octanol–water partition coefficient (Wildman–Crippen LogP) is 2.42. The Kier molecular flexibility index (Phi) is 3.56. The van der Waals surface area contributed by atoms with Gasteiger partial charge in [-0.15, -0.1) is 0 Å². The second-order valence-electron chi connectivity index (χ2n) is 4.49. The number of hydrogen-bond acceptors (Lipinski definition) is 3. The van der Waals surface area contributed by atoms with Gasteiger partial charge >= 0.3 is 0 Å². The molecule has 0 radical (unpaired) electrons. The Morgan fingerprint density at radius 3 is 2.94 bits per heavy atom. The third-order valence-corrected chi connectivity index (χ3v) is 3.79. The molecule has 0 aromatic heterocycles. The molecule has 1 aliphatic heterocycles. The molecule has 1 aliphatic rings. The van der Waals surface area contributed by atoms with Crippen LogP contribution in [0.1, 0.15) is 18.9 Å². The summed E-state index contributed by atoms with van der Waals surface area (Å²) in [5.74, 6) is 0.481. The monoisotopic (exact) mass is 250 g/mol. The maximum atomic E-state index is 9.41. The van der Waals surface area contributed by atoms with Crippen LogP contribution in [0.15, 0.2) is 18.2 Å². The van der Waals surface area contributed by atoms with E-state index >= 15 is 0 Å². The first-order valence-corrected chi connectivity index (χ1v) is 6.12. The van der Waals surface area contributed by atoms with E-state index in [2.05, 4.69) is 11.8 Å². The Morgan fingerprint density at radius 2 is 2.35 bits per heavy atom. The fourth-order valence-electron chi connectivity index (χ4n) is 2.38. The zero-order valence-corrected chi connectivity index (χ0v) is 10.5. The molecule has 0 aliphatic carbocycles. The molecular formula is C13H15ClN2O. The van der Waals surface area contributed by atoms with Crippen LogP contribution in [-0.2, 0) is 0 Å². The number of hydrogen-bond donors (Lipinski definition) is 1. The molecule has 2 unspecified atom stereocenters. The quantitative estimate of drug-likeness (QED) is 0.877. The van der Waals surface area contributed by atoms with Gasteiger partial charge in [-0.05, 0) is 30.5 Å². The molecule has 1 aromatic carbocycles. The van der Waals surface area contributed by atoms with Gasteiger partial charge in [0.15, 0.2) is 0 Å². The molecule has 1 fully saturated rings. The topological polar surface area (TPSA) is 47.3 Å². The number of aliphatic hydroxyl groups excluding tert-OH is 1. The normalized spacial score (nSPS) is 23.8. The molecule has 0 amide bonds. The lowest BCUT2D eigenvalue weighted by Gasteiger charge is -2.27. The van der Waals surface area contributed by atoms with Crippen molar-refractivity contribution in [3.05, 3.63) is 28.8 Å². The lowest BCUT2D eigenvalue weighted by molar-refractivity contribution is 0.245. The average Bonchev–Trinajstić information content (AvgIpc) is 2.70. The van der Waals surface area contributed by atoms with E-state index in [0.29, 0.717) is 16.5 Å². The molecular weight excluding hydrogens is 236 g/mol. The summed E-state index contributed by atoms with van der Waals surface area (Å²) in [6, 6.07) is 7.63. The third-order valence-electron chi connectivity index (χ3n) is 3.47. The van der Waals surface area contributed by atoms with Crippen molar-refractivity contribution in [1.82, 2.24) is 0 Å². The van der Waals surface area contributed by atoms with Crippen molar-refractivity contribution >= 4 is 17.3 Å². The molecule has 4 heteroatoms. The minimum Gasteiger partial charge on any atom is -0.394 e. The van der Waals surface area contributed by atoms with Crippen molar-refractivity contribution in [3.63, 3.8) is 0 Å². The molecule has 1 heterocycles. The standard InChI is InChI=1S/C13H15ClN2O/c1-9-4-5-16(13(9)8-17)11-3-2-10(7-15)12(14)6-11/h2-3,6,9,13,17H,4-5,8H2,1H3. The molecule has 0 saturated carbocycles. The van der Waals surface area contributed by atoms with Crippen molar-refractivity contribution in [2.45, 2.75) is 19.4 Å². The highest BCUT2D eigenvalue weighted by Gasteiger charge is 2.30. The zero-order valence-electron chi connectivity index (χ0n) is 9.73. The second-order valence-corrected chi connectivity index (χ2v) is 4.89. The van der Waals surface area contributed by atoms with E-state index < -0.39 is 0 Å². The van der Waals surface area contributed by atoms with Crippen LogP contribution < -0.4 is 4.90 Å². The van der Waals surface area contributed by atoms with Gasteiger partial charge in [-0.25, -0.2) is 0 Å². The SMILES string of the molecule is CC1CCN(c2ccc(C#N)c(Cl)c2)C1CO. The van der Waals surface area contributed by atoms with Crippen LogP contribution in [0, 0.1) is 17.2 Å². The van der Waals surface area contributed by atoms with Gasteiger partial charge in [-0.1, -0.05) is 18.5 Å². The van der Waals surface area contributed by atoms with Gasteiger partial charge in [-0.2, -0.15) is 5.26 Å². The highest BCUT2D eigenvalue weighted by atomic mass is 35.5. The summed E-state index contributed by atoms with van der Waals surface area (Å²) >= 11 is 6.02. The molecule has 17 heavy (non-hydrogen) atoms. The fourth-order valence-corrected chi connectivity index (χ4v) is 2.60. The van der Waals surface area contributed by atoms with Gasteiger partial charge in [0.1, 0.15) is 6.07 Å². The van der Waals surface area contributed by atoms with Gasteiger partial charge in [0.25, 0.3) is 0 Å². The Hall–Kier alpha value is -1.24. The Labute approximate surface area is 106 Å². The van der Waals surface area contributed by atoms with E-state index in [4.69, 9.17) is 16.9 Å². The Morgan fingerprint density at radius 1 is 1.59 bits per heavy atom. The number of rotatable bonds is 2. The molecule has 1 saturated heterocycles. The number of anilines is 1. The molecule has 1 aromatic rings. The second kappa shape index (κ2) is 4.95. The number of benzene rings is 1. The van der Waals surface area contributed by atoms with Crippen LogP contribution in [-0.4, -0.2) is 24.3 Å². The van der Waals surface area contributed by atoms with E-state index in [0.717, 1.165) is 18.7 Å². The summed E-state index contributed by atoms with van der Waals surface area (Å²) in [6.07, 6.45) is 1.07. The maximum absolute atomic E-state index is 9.41. The van der Waals surface area contributed by atoms with E-state index in [9.17, 15) is 5.11 Å². The zero-order chi connectivity index (χ0) is 12.4. The van der Waals surface area contributed by atoms with Crippen molar-refractivity contribution < 1.29 is 5.11 Å². The van der Waals surface area contributed by atoms with Gasteiger partial charge in [0.05, 0.1) is 23.2 Å². The summed E-state index contributed by atoms with van der Waals surface area (Å²) in [6.45, 7) is 3.22. The summed E-state index contributed by atoms with van der Waals surface area (Å²) in [5.41, 5.74) is 1.47. The van der Waals surface area contributed by atoms with Crippen LogP contribution in [0.3, 0.4) is 0 Å². The molecule has 2 rings (SSSR count). The Balaban J connectivity index is 2.29. The van der Waals surface area contributed by atoms with Crippen LogP contribution >= 0.6 is 11.6 Å². The lowest BCUT2D eigenvalue weighted by atomic mass is 10.0. The van der Waals surface area contributed by atoms with E-state index in [1.165, 1.54) is 0 Å². The molecule has 90 valence electrons. The maximum Gasteiger partial charge on any atom is 0.101 e. The summed E-state index contributed by atoms with van der Waals surface area (Å²) < 4.78 is 0. The molecule has 2 atom stereocenters. The Bertz CT molecular complexity index is 455. The molecule has 0 bridgehead atoms. The first kappa shape index (κ1) is 12.2. The molecule has 1 N–H and O–H groups in total. The minimum absolute atomic E-state index is 0.152. The number of nitriles is 1. The van der Waals surface area contributed by atoms with Crippen molar-refractivity contribution in [2.24, 2.45) is 5.92 Å². The van der Waals surface area contributed by atoms with E-state index in [-0.39, 0.29) is 12.6 Å². The van der Waals surface area contributed by atoms with Gasteiger partial charge in [0, 0.05) is 12.2 Å². The minimum atomic E-state index is 0.152. The summed E-state index contributed by atoms with van der Waals surface area (Å²) in [7, 11) is 0. The number of halogens is 1. The van der Waals surface area contributed by atoms with E-state index in [1.807, 2.05) is 12.1 Å². The van der Waals surface area contributed by atoms with Crippen molar-refractivity contribution in [2.75, 3.05) is 18.1 Å². The third kappa shape index (κ3) is 2.24. The van der Waals surface area contributed by atoms with Crippen molar-refractivity contribution in [1.29, 1.82) is 5.26 Å². The molecule has 3 nitrogen and oxygen atoms in total. The number of aliphatic hydroxyl groups is 1.